The van der Waals surface area contributed by atoms with E-state index in [0.29, 0.717) is 10.4 Å². The van der Waals surface area contributed by atoms with E-state index in [9.17, 15) is 4.79 Å². The van der Waals surface area contributed by atoms with E-state index in [4.69, 9.17) is 4.74 Å². The number of carbonyl (C=O) groups excluding carboxylic acids is 1. The molecule has 0 saturated heterocycles. The molecule has 6 heteroatoms. The van der Waals surface area contributed by atoms with E-state index >= 15 is 0 Å². The zero-order valence-electron chi connectivity index (χ0n) is 13.1. The predicted molar refractivity (Wildman–Crippen MR) is 95.5 cm³/mol. The van der Waals surface area contributed by atoms with E-state index in [1.54, 1.807) is 18.9 Å². The molecule has 3 aromatic rings. The van der Waals surface area contributed by atoms with E-state index in [0.717, 1.165) is 20.9 Å². The average Bonchev–Trinajstić information content (AvgIpc) is 2.89. The Hall–Kier alpha value is -2.05. The van der Waals surface area contributed by atoms with Crippen molar-refractivity contribution in [3.05, 3.63) is 52.8 Å². The zero-order chi connectivity index (χ0) is 16.4. The number of amides is 1. The molecule has 0 aliphatic rings. The number of thioether (sulfide) groups is 1. The Balaban J connectivity index is 2.10. The summed E-state index contributed by atoms with van der Waals surface area (Å²) >= 11 is 3.03. The van der Waals surface area contributed by atoms with Gasteiger partial charge in [0.15, 0.2) is 4.80 Å². The molecule has 0 saturated carbocycles. The Morgan fingerprint density at radius 3 is 2.78 bits per heavy atom. The van der Waals surface area contributed by atoms with Crippen molar-refractivity contribution in [2.75, 3.05) is 13.4 Å². The van der Waals surface area contributed by atoms with Gasteiger partial charge in [0, 0.05) is 11.9 Å². The van der Waals surface area contributed by atoms with Crippen LogP contribution in [-0.2, 0) is 7.05 Å². The summed E-state index contributed by atoms with van der Waals surface area (Å²) in [4.78, 5) is 18.5. The topological polar surface area (TPSA) is 43.6 Å². The predicted octanol–water partition coefficient (Wildman–Crippen LogP) is 3.71. The van der Waals surface area contributed by atoms with Gasteiger partial charge in [-0.3, -0.25) is 4.79 Å². The normalized spacial score (nSPS) is 11.9. The molecule has 0 aliphatic carbocycles. The van der Waals surface area contributed by atoms with E-state index in [2.05, 4.69) is 4.99 Å². The first-order valence-corrected chi connectivity index (χ1v) is 9.04. The van der Waals surface area contributed by atoms with Crippen molar-refractivity contribution in [2.24, 2.45) is 12.0 Å². The molecule has 1 aromatic heterocycles. The number of hydrogen-bond donors (Lipinski definition) is 0. The molecule has 1 heterocycles. The van der Waals surface area contributed by atoms with Crippen LogP contribution in [0.15, 0.2) is 52.4 Å². The Bertz CT molecular complexity index is 941. The fraction of sp³-hybridized carbons (Fsp3) is 0.176. The Morgan fingerprint density at radius 2 is 2.04 bits per heavy atom. The number of nitrogens with zero attached hydrogens (tertiary/aromatic N) is 2. The monoisotopic (exact) mass is 344 g/mol. The minimum Gasteiger partial charge on any atom is -0.497 e. The molecule has 0 N–H and O–H groups in total. The van der Waals surface area contributed by atoms with Crippen molar-refractivity contribution < 1.29 is 9.53 Å². The summed E-state index contributed by atoms with van der Waals surface area (Å²) in [5.41, 5.74) is 1.66. The van der Waals surface area contributed by atoms with E-state index < -0.39 is 0 Å². The molecule has 0 spiro atoms. The number of aromatic nitrogens is 1. The van der Waals surface area contributed by atoms with Crippen molar-refractivity contribution in [3.8, 4) is 5.75 Å². The third kappa shape index (κ3) is 3.04. The number of benzene rings is 2. The average molecular weight is 344 g/mol. The molecular weight excluding hydrogens is 328 g/mol. The summed E-state index contributed by atoms with van der Waals surface area (Å²) in [7, 11) is 3.56. The van der Waals surface area contributed by atoms with Gasteiger partial charge >= 0.3 is 0 Å². The molecular formula is C17H16N2O2S2. The van der Waals surface area contributed by atoms with Crippen molar-refractivity contribution in [1.82, 2.24) is 4.57 Å². The van der Waals surface area contributed by atoms with Crippen molar-refractivity contribution >= 4 is 39.2 Å². The van der Waals surface area contributed by atoms with Crippen LogP contribution in [0.2, 0.25) is 0 Å². The van der Waals surface area contributed by atoms with Gasteiger partial charge in [0.05, 0.1) is 22.9 Å². The number of hydrogen-bond acceptors (Lipinski definition) is 4. The van der Waals surface area contributed by atoms with Crippen LogP contribution in [0.4, 0.5) is 0 Å². The molecule has 1 amide bonds. The summed E-state index contributed by atoms with van der Waals surface area (Å²) in [6, 6.07) is 13.4. The quantitative estimate of drug-likeness (QED) is 0.680. The molecule has 0 bridgehead atoms. The highest BCUT2D eigenvalue weighted by Crippen LogP contribution is 2.23. The number of thiazole rings is 1. The number of rotatable bonds is 3. The molecule has 4 nitrogen and oxygen atoms in total. The number of carbonyl (C=O) groups is 1. The van der Waals surface area contributed by atoms with E-state index in [1.165, 1.54) is 11.3 Å². The summed E-state index contributed by atoms with van der Waals surface area (Å²) in [5.74, 6) is 0.578. The second-order valence-corrected chi connectivity index (χ2v) is 6.75. The van der Waals surface area contributed by atoms with E-state index in [1.807, 2.05) is 60.3 Å². The molecule has 118 valence electrons. The maximum absolute atomic E-state index is 12.5. The summed E-state index contributed by atoms with van der Waals surface area (Å²) < 4.78 is 8.22. The molecule has 2 aromatic carbocycles. The first-order valence-electron chi connectivity index (χ1n) is 6.99. The lowest BCUT2D eigenvalue weighted by Gasteiger charge is -2.02. The number of methoxy groups -OCH3 is 1. The highest BCUT2D eigenvalue weighted by atomic mass is 32.2. The second-order valence-electron chi connectivity index (χ2n) is 4.89. The van der Waals surface area contributed by atoms with Crippen LogP contribution in [0.1, 0.15) is 10.4 Å². The number of aryl methyl sites for hydroxylation is 1. The van der Waals surface area contributed by atoms with Crippen LogP contribution in [0.25, 0.3) is 10.2 Å². The molecule has 3 rings (SSSR count). The van der Waals surface area contributed by atoms with Gasteiger partial charge in [0.25, 0.3) is 5.91 Å². The minimum absolute atomic E-state index is 0.218. The van der Waals surface area contributed by atoms with Gasteiger partial charge in [0.1, 0.15) is 5.75 Å². The first kappa shape index (κ1) is 15.8. The maximum Gasteiger partial charge on any atom is 0.280 e. The third-order valence-electron chi connectivity index (χ3n) is 3.55. The number of fused-ring (bicyclic) bond motifs is 1. The fourth-order valence-corrected chi connectivity index (χ4v) is 3.95. The highest BCUT2D eigenvalue weighted by Gasteiger charge is 2.11. The lowest BCUT2D eigenvalue weighted by molar-refractivity contribution is 0.0995. The molecule has 0 radical (unpaired) electrons. The lowest BCUT2D eigenvalue weighted by Crippen LogP contribution is -2.13. The Morgan fingerprint density at radius 1 is 1.26 bits per heavy atom. The fourth-order valence-electron chi connectivity index (χ4n) is 2.32. The van der Waals surface area contributed by atoms with Crippen LogP contribution in [0, 0.1) is 0 Å². The second kappa shape index (κ2) is 6.60. The molecule has 23 heavy (non-hydrogen) atoms. The van der Waals surface area contributed by atoms with Crippen LogP contribution < -0.4 is 9.54 Å². The highest BCUT2D eigenvalue weighted by molar-refractivity contribution is 7.98. The largest absolute Gasteiger partial charge is 0.497 e. The van der Waals surface area contributed by atoms with E-state index in [-0.39, 0.29) is 5.91 Å². The summed E-state index contributed by atoms with van der Waals surface area (Å²) in [5, 5.41) is 0. The van der Waals surface area contributed by atoms with Crippen LogP contribution >= 0.6 is 23.1 Å². The van der Waals surface area contributed by atoms with Gasteiger partial charge in [-0.2, -0.15) is 4.99 Å². The minimum atomic E-state index is -0.218. The Kier molecular flexibility index (Phi) is 4.54. The van der Waals surface area contributed by atoms with Crippen LogP contribution in [0.5, 0.6) is 5.75 Å². The smallest absolute Gasteiger partial charge is 0.280 e. The van der Waals surface area contributed by atoms with Gasteiger partial charge in [0.2, 0.25) is 0 Å². The van der Waals surface area contributed by atoms with Gasteiger partial charge < -0.3 is 9.30 Å². The van der Waals surface area contributed by atoms with Crippen molar-refractivity contribution in [3.63, 3.8) is 0 Å². The molecule has 0 fully saturated rings. The van der Waals surface area contributed by atoms with Crippen molar-refractivity contribution in [1.29, 1.82) is 0 Å². The lowest BCUT2D eigenvalue weighted by atomic mass is 10.2. The maximum atomic E-state index is 12.5. The molecule has 0 unspecified atom stereocenters. The third-order valence-corrected chi connectivity index (χ3v) is 5.44. The standard InChI is InChI=1S/C17H16N2O2S2/c1-19-13-9-8-11(21-2)10-15(13)23-17(19)18-16(20)12-6-4-5-7-14(12)22-3/h4-10H,1-3H3. The number of ether oxygens (including phenoxy) is 1. The van der Waals surface area contributed by atoms with Gasteiger partial charge in [-0.25, -0.2) is 0 Å². The van der Waals surface area contributed by atoms with Gasteiger partial charge in [-0.15, -0.1) is 11.8 Å². The van der Waals surface area contributed by atoms with Gasteiger partial charge in [-0.1, -0.05) is 23.5 Å². The first-order chi connectivity index (χ1) is 11.1. The molecule has 0 aliphatic heterocycles. The Labute approximate surface area is 142 Å². The van der Waals surface area contributed by atoms with Gasteiger partial charge in [-0.05, 0) is 36.6 Å². The van der Waals surface area contributed by atoms with Crippen LogP contribution in [-0.4, -0.2) is 23.8 Å². The van der Waals surface area contributed by atoms with Crippen molar-refractivity contribution in [2.45, 2.75) is 4.90 Å². The summed E-state index contributed by atoms with van der Waals surface area (Å²) in [6.07, 6.45) is 1.96. The molecule has 0 atom stereocenters. The SMILES string of the molecule is COc1ccc2c(c1)sc(=NC(=O)c1ccccc1SC)n2C. The summed E-state index contributed by atoms with van der Waals surface area (Å²) in [6.45, 7) is 0. The zero-order valence-corrected chi connectivity index (χ0v) is 14.7. The van der Waals surface area contributed by atoms with Crippen LogP contribution in [0.3, 0.4) is 0 Å².